The highest BCUT2D eigenvalue weighted by atomic mass is 32.1. The fraction of sp³-hybridized carbons (Fsp3) is 0.284. The predicted molar refractivity (Wildman–Crippen MR) is 314 cm³/mol. The molecule has 8 aromatic rings. The molecule has 5 heteroatoms. The van der Waals surface area contributed by atoms with Crippen LogP contribution >= 0.6 is 11.3 Å². The van der Waals surface area contributed by atoms with Gasteiger partial charge in [-0.1, -0.05) is 160 Å². The van der Waals surface area contributed by atoms with E-state index in [-0.39, 0.29) is 28.4 Å². The first kappa shape index (κ1) is 46.5. The lowest BCUT2D eigenvalue weighted by Gasteiger charge is -2.47. The molecule has 0 atom stereocenters. The normalized spacial score (nSPS) is 16.5. The van der Waals surface area contributed by atoms with E-state index in [0.29, 0.717) is 0 Å². The molecule has 0 fully saturated rings. The highest BCUT2D eigenvalue weighted by molar-refractivity contribution is 7.33. The van der Waals surface area contributed by atoms with Crippen LogP contribution in [0.3, 0.4) is 0 Å². The zero-order valence-corrected chi connectivity index (χ0v) is 45.1. The molecule has 7 aromatic carbocycles. The van der Waals surface area contributed by atoms with E-state index in [4.69, 9.17) is 0 Å². The van der Waals surface area contributed by atoms with Gasteiger partial charge in [-0.25, -0.2) is 0 Å². The number of hydrogen-bond donors (Lipinski definition) is 0. The molecular weight excluding hydrogens is 890 g/mol. The number of aryl methyl sites for hydroxylation is 1. The maximum absolute atomic E-state index is 2.72. The van der Waals surface area contributed by atoms with Crippen LogP contribution in [0.15, 0.2) is 164 Å². The van der Waals surface area contributed by atoms with Crippen LogP contribution in [0.25, 0.3) is 15.7 Å². The molecule has 2 aliphatic carbocycles. The Kier molecular flexibility index (Phi) is 10.8. The third-order valence-corrected chi connectivity index (χ3v) is 17.7. The Morgan fingerprint density at radius 2 is 1.19 bits per heavy atom. The van der Waals surface area contributed by atoms with Gasteiger partial charge in [0.1, 0.15) is 0 Å². The van der Waals surface area contributed by atoms with Gasteiger partial charge in [0.15, 0.2) is 0 Å². The molecule has 3 heterocycles. The van der Waals surface area contributed by atoms with Crippen molar-refractivity contribution in [1.82, 2.24) is 0 Å². The van der Waals surface area contributed by atoms with Crippen molar-refractivity contribution in [1.29, 1.82) is 0 Å². The van der Waals surface area contributed by atoms with Crippen molar-refractivity contribution in [2.45, 2.75) is 124 Å². The Bertz CT molecular complexity index is 3470. The Hall–Kier alpha value is -6.56. The van der Waals surface area contributed by atoms with Crippen molar-refractivity contribution in [3.63, 3.8) is 0 Å². The van der Waals surface area contributed by atoms with Gasteiger partial charge in [-0.3, -0.25) is 0 Å². The second kappa shape index (κ2) is 16.8. The van der Waals surface area contributed by atoms with Crippen molar-refractivity contribution in [3.05, 3.63) is 197 Å². The molecule has 72 heavy (non-hydrogen) atoms. The van der Waals surface area contributed by atoms with E-state index in [9.17, 15) is 0 Å². The largest absolute Gasteiger partial charge is 0.311 e. The van der Waals surface area contributed by atoms with Gasteiger partial charge < -0.3 is 14.7 Å². The number of anilines is 9. The zero-order chi connectivity index (χ0) is 50.1. The smallest absolute Gasteiger partial charge is 0.264 e. The van der Waals surface area contributed by atoms with E-state index < -0.39 is 0 Å². The number of rotatable bonds is 6. The summed E-state index contributed by atoms with van der Waals surface area (Å²) in [4.78, 5) is 7.85. The Morgan fingerprint density at radius 1 is 0.583 bits per heavy atom. The summed E-state index contributed by atoms with van der Waals surface area (Å²) >= 11 is 2.00. The first-order valence-electron chi connectivity index (χ1n) is 26.4. The number of hydrogen-bond acceptors (Lipinski definition) is 4. The predicted octanol–water partition coefficient (Wildman–Crippen LogP) is 17.4. The van der Waals surface area contributed by atoms with Gasteiger partial charge in [-0.15, -0.1) is 11.3 Å². The van der Waals surface area contributed by atoms with E-state index in [2.05, 4.69) is 255 Å². The van der Waals surface area contributed by atoms with Crippen LogP contribution in [-0.4, -0.2) is 6.71 Å². The molecule has 0 radical (unpaired) electrons. The second-order valence-corrected chi connectivity index (χ2v) is 25.6. The number of nitrogens with zero attached hydrogens (tertiary/aromatic N) is 3. The molecule has 4 aliphatic rings. The van der Waals surface area contributed by atoms with Crippen LogP contribution in [-0.2, 0) is 21.7 Å². The summed E-state index contributed by atoms with van der Waals surface area (Å²) in [5.74, 6) is 0. The minimum absolute atomic E-state index is 0.00438. The van der Waals surface area contributed by atoms with Gasteiger partial charge in [0.2, 0.25) is 0 Å². The molecule has 0 saturated heterocycles. The van der Waals surface area contributed by atoms with Crippen LogP contribution in [0.5, 0.6) is 0 Å². The minimum atomic E-state index is -0.0259. The highest BCUT2D eigenvalue weighted by Crippen LogP contribution is 2.54. The molecule has 12 rings (SSSR count). The van der Waals surface area contributed by atoms with Crippen molar-refractivity contribution in [2.24, 2.45) is 0 Å². The maximum atomic E-state index is 2.72. The average molecular weight is 958 g/mol. The molecule has 360 valence electrons. The first-order chi connectivity index (χ1) is 34.4. The fourth-order valence-electron chi connectivity index (χ4n) is 12.3. The van der Waals surface area contributed by atoms with E-state index in [1.807, 2.05) is 11.3 Å². The summed E-state index contributed by atoms with van der Waals surface area (Å²) < 4.78 is 2.74. The van der Waals surface area contributed by atoms with Crippen molar-refractivity contribution < 1.29 is 0 Å². The van der Waals surface area contributed by atoms with E-state index in [1.165, 1.54) is 98.9 Å². The summed E-state index contributed by atoms with van der Waals surface area (Å²) in [7, 11) is 0. The van der Waals surface area contributed by atoms with Crippen molar-refractivity contribution in [2.75, 3.05) is 14.7 Å². The topological polar surface area (TPSA) is 9.72 Å². The number of thiophene rings is 1. The minimum Gasteiger partial charge on any atom is -0.311 e. The van der Waals surface area contributed by atoms with E-state index in [1.54, 1.807) is 0 Å². The summed E-state index contributed by atoms with van der Waals surface area (Å²) in [6.07, 6.45) is 11.3. The van der Waals surface area contributed by atoms with Crippen LogP contribution in [0.2, 0.25) is 0 Å². The van der Waals surface area contributed by atoms with E-state index >= 15 is 0 Å². The summed E-state index contributed by atoms with van der Waals surface area (Å²) in [5, 5.41) is 1.32. The van der Waals surface area contributed by atoms with Crippen LogP contribution in [0, 0.1) is 6.92 Å². The van der Waals surface area contributed by atoms with E-state index in [0.717, 1.165) is 42.7 Å². The van der Waals surface area contributed by atoms with Gasteiger partial charge in [0.05, 0.1) is 17.1 Å². The third kappa shape index (κ3) is 7.60. The zero-order valence-electron chi connectivity index (χ0n) is 44.2. The van der Waals surface area contributed by atoms with Crippen LogP contribution < -0.4 is 30.4 Å². The summed E-state index contributed by atoms with van der Waals surface area (Å²) in [6.45, 7) is 26.2. The van der Waals surface area contributed by atoms with Crippen molar-refractivity contribution in [3.8, 4) is 0 Å². The molecule has 0 spiro atoms. The SMILES string of the molecule is Cc1ccc2sc3c(c2c1)N(c1ccc(C(C)(C)C)cc1C1=CC=CCC1)c1cc(N(c2ccccc2)c2ccccc2)cc2c1B3c1cc3c(cc1N2c1ccc(C(C)(C)C)cc1)C(C)(C)CCC3(C)C. The molecule has 2 aliphatic heterocycles. The van der Waals surface area contributed by atoms with Crippen molar-refractivity contribution >= 4 is 101 Å². The average Bonchev–Trinajstić information content (AvgIpc) is 3.73. The molecule has 0 unspecified atom stereocenters. The number of benzene rings is 7. The third-order valence-electron chi connectivity index (χ3n) is 16.5. The molecule has 0 amide bonds. The molecule has 0 saturated carbocycles. The van der Waals surface area contributed by atoms with Crippen LogP contribution in [0.4, 0.5) is 51.2 Å². The van der Waals surface area contributed by atoms with Gasteiger partial charge >= 0.3 is 0 Å². The lowest BCUT2D eigenvalue weighted by molar-refractivity contribution is 0.332. The highest BCUT2D eigenvalue weighted by Gasteiger charge is 2.48. The van der Waals surface area contributed by atoms with Gasteiger partial charge in [0.25, 0.3) is 6.71 Å². The van der Waals surface area contributed by atoms with Gasteiger partial charge in [-0.05, 0) is 172 Å². The second-order valence-electron chi connectivity index (χ2n) is 24.5. The number of para-hydroxylation sites is 2. The molecule has 1 aromatic heterocycles. The Labute approximate surface area is 433 Å². The molecule has 0 N–H and O–H groups in total. The summed E-state index contributed by atoms with van der Waals surface area (Å²) in [5.41, 5.74) is 23.3. The monoisotopic (exact) mass is 958 g/mol. The Balaban J connectivity index is 1.26. The lowest BCUT2D eigenvalue weighted by Crippen LogP contribution is -2.61. The molecule has 3 nitrogen and oxygen atoms in total. The Morgan fingerprint density at radius 3 is 1.81 bits per heavy atom. The first-order valence-corrected chi connectivity index (χ1v) is 27.2. The van der Waals surface area contributed by atoms with Crippen LogP contribution in [0.1, 0.15) is 128 Å². The lowest BCUT2D eigenvalue weighted by atomic mass is 9.35. The molecule has 0 bridgehead atoms. The standard InChI is InChI=1S/C67H68BN3S/c1-43-27-34-60-52(37-43)62-63(72-60)68-55-41-53-54(67(10,11)36-35-66(53,8)9)42-57(55)70(49-31-28-45(29-32-49)64(2,3)4)58-39-50(69(47-23-17-13-18-24-47)48-25-19-14-20-26-48)40-59(61(58)68)71(62)56-33-30-46(65(5,6)7)38-51(56)44-21-15-12-16-22-44/h12-15,17-21,23-34,37-42H,16,22,35-36H2,1-11H3. The van der Waals surface area contributed by atoms with Gasteiger partial charge in [-0.2, -0.15) is 0 Å². The maximum Gasteiger partial charge on any atom is 0.264 e. The molecular formula is C67H68BN3S. The number of fused-ring (bicyclic) bond motifs is 7. The number of allylic oxidation sites excluding steroid dienone is 4. The van der Waals surface area contributed by atoms with Gasteiger partial charge in [0, 0.05) is 54.6 Å². The summed E-state index contributed by atoms with van der Waals surface area (Å²) in [6, 6.07) is 56.4. The quantitative estimate of drug-likeness (QED) is 0.154. The fourth-order valence-corrected chi connectivity index (χ4v) is 13.6.